The molecule has 2 aromatic carbocycles. The number of aromatic nitrogens is 2. The Kier molecular flexibility index (Phi) is 5.07. The van der Waals surface area contributed by atoms with Crippen molar-refractivity contribution in [2.24, 2.45) is 7.05 Å². The van der Waals surface area contributed by atoms with Crippen LogP contribution in [0.15, 0.2) is 66.7 Å². The third-order valence-electron chi connectivity index (χ3n) is 7.15. The van der Waals surface area contributed by atoms with Crippen molar-refractivity contribution in [2.45, 2.75) is 19.1 Å². The highest BCUT2D eigenvalue weighted by atomic mass is 16.2. The maximum Gasteiger partial charge on any atom is 0.247 e. The van der Waals surface area contributed by atoms with E-state index in [9.17, 15) is 9.59 Å². The van der Waals surface area contributed by atoms with Crippen molar-refractivity contribution in [3.05, 3.63) is 78.1 Å². The van der Waals surface area contributed by atoms with Crippen LogP contribution in [-0.2, 0) is 29.7 Å². The maximum atomic E-state index is 13.5. The van der Waals surface area contributed by atoms with E-state index in [1.165, 1.54) is 16.6 Å². The summed E-state index contributed by atoms with van der Waals surface area (Å²) in [6.07, 6.45) is 0. The van der Waals surface area contributed by atoms with Gasteiger partial charge in [-0.25, -0.2) is 0 Å². The number of nitrogens with zero attached hydrogens (tertiary/aromatic N) is 5. The molecule has 6 rings (SSSR count). The van der Waals surface area contributed by atoms with Crippen molar-refractivity contribution in [1.29, 1.82) is 0 Å². The second-order valence-electron chi connectivity index (χ2n) is 9.28. The lowest BCUT2D eigenvalue weighted by atomic mass is 10.1. The van der Waals surface area contributed by atoms with Crippen LogP contribution in [-0.4, -0.2) is 68.3 Å². The fourth-order valence-corrected chi connectivity index (χ4v) is 5.29. The Hall–Kier alpha value is -3.71. The van der Waals surface area contributed by atoms with Gasteiger partial charge < -0.3 is 14.4 Å². The highest BCUT2D eigenvalue weighted by Gasteiger charge is 2.42. The molecule has 7 nitrogen and oxygen atoms in total. The first-order valence-corrected chi connectivity index (χ1v) is 11.8. The molecule has 4 heterocycles. The van der Waals surface area contributed by atoms with Crippen molar-refractivity contribution >= 4 is 33.6 Å². The molecule has 1 atom stereocenters. The van der Waals surface area contributed by atoms with Crippen LogP contribution in [0, 0.1) is 0 Å². The molecule has 7 heteroatoms. The summed E-state index contributed by atoms with van der Waals surface area (Å²) < 4.78 is 2.22. The predicted molar refractivity (Wildman–Crippen MR) is 131 cm³/mol. The van der Waals surface area contributed by atoms with Gasteiger partial charge >= 0.3 is 0 Å². The smallest absolute Gasteiger partial charge is 0.247 e. The van der Waals surface area contributed by atoms with Gasteiger partial charge in [-0.1, -0.05) is 42.5 Å². The van der Waals surface area contributed by atoms with E-state index >= 15 is 0 Å². The van der Waals surface area contributed by atoms with Crippen LogP contribution in [0.2, 0.25) is 0 Å². The largest absolute Gasteiger partial charge is 0.346 e. The Balaban J connectivity index is 1.19. The van der Waals surface area contributed by atoms with Gasteiger partial charge in [0.1, 0.15) is 12.6 Å². The molecule has 4 aromatic rings. The summed E-state index contributed by atoms with van der Waals surface area (Å²) >= 11 is 0. The van der Waals surface area contributed by atoms with E-state index in [1.807, 2.05) is 36.4 Å². The van der Waals surface area contributed by atoms with Crippen LogP contribution in [0.1, 0.15) is 11.4 Å². The molecule has 1 unspecified atom stereocenters. The van der Waals surface area contributed by atoms with Gasteiger partial charge in [0.25, 0.3) is 0 Å². The summed E-state index contributed by atoms with van der Waals surface area (Å²) in [6, 6.07) is 22.0. The minimum absolute atomic E-state index is 0.0105. The third kappa shape index (κ3) is 3.62. The van der Waals surface area contributed by atoms with E-state index in [1.54, 1.807) is 9.80 Å². The maximum absolute atomic E-state index is 13.5. The number of rotatable bonds is 4. The van der Waals surface area contributed by atoms with Crippen LogP contribution >= 0.6 is 0 Å². The first-order chi connectivity index (χ1) is 16.6. The Morgan fingerprint density at radius 2 is 1.71 bits per heavy atom. The highest BCUT2D eigenvalue weighted by molar-refractivity contribution is 5.95. The molecule has 172 valence electrons. The van der Waals surface area contributed by atoms with Gasteiger partial charge in [-0.2, -0.15) is 0 Å². The van der Waals surface area contributed by atoms with Crippen molar-refractivity contribution in [3.63, 3.8) is 0 Å². The Bertz CT molecular complexity index is 1410. The van der Waals surface area contributed by atoms with Crippen LogP contribution in [0.25, 0.3) is 21.8 Å². The molecule has 2 fully saturated rings. The topological polar surface area (TPSA) is 61.7 Å². The molecule has 34 heavy (non-hydrogen) atoms. The highest BCUT2D eigenvalue weighted by Crippen LogP contribution is 2.24. The van der Waals surface area contributed by atoms with Crippen molar-refractivity contribution in [1.82, 2.24) is 24.3 Å². The number of carbonyl (C=O) groups excluding carboxylic acids is 2. The molecule has 0 aliphatic carbocycles. The van der Waals surface area contributed by atoms with E-state index in [0.29, 0.717) is 19.6 Å². The lowest BCUT2D eigenvalue weighted by Crippen LogP contribution is -2.66. The molecule has 2 amide bonds. The SMILES string of the molecule is Cn1c(CN2CCN3C(=O)CN(Cc4ccc5ccccc5n4)C(=O)C3C2)cc2ccccc21. The molecule has 2 saturated heterocycles. The zero-order valence-corrected chi connectivity index (χ0v) is 19.2. The fourth-order valence-electron chi connectivity index (χ4n) is 5.29. The number of hydrogen-bond acceptors (Lipinski definition) is 4. The first-order valence-electron chi connectivity index (χ1n) is 11.8. The number of amides is 2. The predicted octanol–water partition coefficient (Wildman–Crippen LogP) is 2.78. The molecular weight excluding hydrogens is 426 g/mol. The molecule has 0 saturated carbocycles. The second kappa shape index (κ2) is 8.25. The Morgan fingerprint density at radius 3 is 2.56 bits per heavy atom. The average molecular weight is 454 g/mol. The van der Waals surface area contributed by atoms with E-state index in [-0.39, 0.29) is 18.4 Å². The van der Waals surface area contributed by atoms with Gasteiger partial charge in [-0.05, 0) is 29.7 Å². The lowest BCUT2D eigenvalue weighted by molar-refractivity contribution is -0.160. The van der Waals surface area contributed by atoms with Crippen LogP contribution < -0.4 is 0 Å². The number of hydrogen-bond donors (Lipinski definition) is 0. The molecule has 0 N–H and O–H groups in total. The van der Waals surface area contributed by atoms with Crippen molar-refractivity contribution < 1.29 is 9.59 Å². The molecule has 2 aliphatic heterocycles. The summed E-state index contributed by atoms with van der Waals surface area (Å²) in [5.41, 5.74) is 4.11. The fraction of sp³-hybridized carbons (Fsp3) is 0.296. The molecule has 0 radical (unpaired) electrons. The standard InChI is InChI=1S/C27H27N5O2/c1-29-22(14-20-7-3-5-9-24(20)29)16-30-12-13-32-25(17-30)27(34)31(18-26(32)33)15-21-11-10-19-6-2-4-8-23(19)28-21/h2-11,14,25H,12-13,15-18H2,1H3. The van der Waals surface area contributed by atoms with E-state index in [2.05, 4.69) is 46.8 Å². The quantitative estimate of drug-likeness (QED) is 0.477. The van der Waals surface area contributed by atoms with Gasteiger partial charge in [0.05, 0.1) is 17.8 Å². The number of para-hydroxylation sites is 2. The molecule has 0 bridgehead atoms. The number of benzene rings is 2. The first kappa shape index (κ1) is 20.9. The minimum Gasteiger partial charge on any atom is -0.346 e. The number of carbonyl (C=O) groups is 2. The number of piperazine rings is 2. The van der Waals surface area contributed by atoms with Crippen LogP contribution in [0.4, 0.5) is 0 Å². The average Bonchev–Trinajstić information content (AvgIpc) is 3.17. The molecular formula is C27H27N5O2. The zero-order chi connectivity index (χ0) is 23.2. The Morgan fingerprint density at radius 1 is 0.912 bits per heavy atom. The van der Waals surface area contributed by atoms with Gasteiger partial charge in [-0.15, -0.1) is 0 Å². The number of fused-ring (bicyclic) bond motifs is 3. The van der Waals surface area contributed by atoms with Crippen molar-refractivity contribution in [3.8, 4) is 0 Å². The number of pyridine rings is 1. The number of aryl methyl sites for hydroxylation is 1. The normalized spacial score (nSPS) is 19.3. The summed E-state index contributed by atoms with van der Waals surface area (Å²) in [6.45, 7) is 3.12. The monoisotopic (exact) mass is 453 g/mol. The summed E-state index contributed by atoms with van der Waals surface area (Å²) in [4.78, 5) is 36.8. The van der Waals surface area contributed by atoms with Gasteiger partial charge in [0, 0.05) is 49.8 Å². The van der Waals surface area contributed by atoms with E-state index in [4.69, 9.17) is 4.98 Å². The van der Waals surface area contributed by atoms with Gasteiger partial charge in [0.15, 0.2) is 0 Å². The van der Waals surface area contributed by atoms with Crippen molar-refractivity contribution in [2.75, 3.05) is 26.2 Å². The van der Waals surface area contributed by atoms with Crippen LogP contribution in [0.5, 0.6) is 0 Å². The second-order valence-corrected chi connectivity index (χ2v) is 9.28. The summed E-state index contributed by atoms with van der Waals surface area (Å²) in [5.74, 6) is 0.0333. The zero-order valence-electron chi connectivity index (χ0n) is 19.2. The lowest BCUT2D eigenvalue weighted by Gasteiger charge is -2.46. The van der Waals surface area contributed by atoms with E-state index in [0.717, 1.165) is 29.7 Å². The summed E-state index contributed by atoms with van der Waals surface area (Å²) in [5, 5.41) is 2.28. The van der Waals surface area contributed by atoms with Crippen LogP contribution in [0.3, 0.4) is 0 Å². The third-order valence-corrected chi connectivity index (χ3v) is 7.15. The molecule has 2 aliphatic rings. The molecule has 2 aromatic heterocycles. The molecule has 0 spiro atoms. The van der Waals surface area contributed by atoms with Gasteiger partial charge in [-0.3, -0.25) is 19.5 Å². The van der Waals surface area contributed by atoms with E-state index < -0.39 is 6.04 Å². The van der Waals surface area contributed by atoms with Gasteiger partial charge in [0.2, 0.25) is 11.8 Å². The summed E-state index contributed by atoms with van der Waals surface area (Å²) in [7, 11) is 2.08. The minimum atomic E-state index is -0.440. The Labute approximate surface area is 198 Å².